The molecule has 0 spiro atoms. The molecule has 1 aliphatic heterocycles. The van der Waals surface area contributed by atoms with Gasteiger partial charge in [0, 0.05) is 63.8 Å². The maximum absolute atomic E-state index is 11.3. The summed E-state index contributed by atoms with van der Waals surface area (Å²) in [5, 5.41) is 6.55. The van der Waals surface area contributed by atoms with Gasteiger partial charge in [0.15, 0.2) is 5.96 Å². The first-order valence-corrected chi connectivity index (χ1v) is 12.7. The second-order valence-corrected chi connectivity index (χ2v) is 10.0. The number of aliphatic imine (C=N–C) groups is 1. The Morgan fingerprint density at radius 3 is 2.43 bits per heavy atom. The highest BCUT2D eigenvalue weighted by atomic mass is 127. The van der Waals surface area contributed by atoms with Gasteiger partial charge in [-0.2, -0.15) is 0 Å². The summed E-state index contributed by atoms with van der Waals surface area (Å²) in [6, 6.07) is 10.7. The number of hydrogen-bond donors (Lipinski definition) is 2. The van der Waals surface area contributed by atoms with E-state index in [9.17, 15) is 8.42 Å². The van der Waals surface area contributed by atoms with E-state index in [2.05, 4.69) is 55.8 Å². The normalized spacial score (nSPS) is 16.6. The summed E-state index contributed by atoms with van der Waals surface area (Å²) in [4.78, 5) is 9.60. The van der Waals surface area contributed by atoms with Crippen molar-refractivity contribution in [1.82, 2.24) is 15.5 Å². The minimum Gasteiger partial charge on any atom is -0.369 e. The van der Waals surface area contributed by atoms with Gasteiger partial charge in [0.25, 0.3) is 0 Å². The molecule has 1 atom stereocenters. The Balaban J connectivity index is 0.00000450. The van der Waals surface area contributed by atoms with E-state index in [0.717, 1.165) is 58.2 Å². The molecule has 7 nitrogen and oxygen atoms in total. The van der Waals surface area contributed by atoms with Gasteiger partial charge < -0.3 is 15.5 Å². The van der Waals surface area contributed by atoms with Gasteiger partial charge in [-0.3, -0.25) is 9.89 Å². The molecule has 0 aliphatic carbocycles. The highest BCUT2D eigenvalue weighted by molar-refractivity contribution is 14.0. The molecule has 1 saturated heterocycles. The Kier molecular flexibility index (Phi) is 12.7. The smallest absolute Gasteiger partial charge is 0.191 e. The lowest BCUT2D eigenvalue weighted by Gasteiger charge is -2.36. The number of hydrogen-bond acceptors (Lipinski definition) is 5. The number of nitrogens with zero attached hydrogens (tertiary/aromatic N) is 3. The number of para-hydroxylation sites is 1. The molecular formula is C21H38IN5O2S. The zero-order valence-corrected chi connectivity index (χ0v) is 21.7. The van der Waals surface area contributed by atoms with E-state index < -0.39 is 9.84 Å². The Labute approximate surface area is 199 Å². The van der Waals surface area contributed by atoms with Gasteiger partial charge in [0.05, 0.1) is 5.75 Å². The Morgan fingerprint density at radius 2 is 1.83 bits per heavy atom. The topological polar surface area (TPSA) is 77.0 Å². The summed E-state index contributed by atoms with van der Waals surface area (Å²) in [6.45, 7) is 10.9. The van der Waals surface area contributed by atoms with Crippen molar-refractivity contribution in [3.63, 3.8) is 0 Å². The fourth-order valence-electron chi connectivity index (χ4n) is 3.37. The molecule has 1 aromatic carbocycles. The average molecular weight is 552 g/mol. The van der Waals surface area contributed by atoms with Crippen molar-refractivity contribution in [2.75, 3.05) is 62.7 Å². The molecule has 0 bridgehead atoms. The molecule has 1 aromatic rings. The van der Waals surface area contributed by atoms with Crippen LogP contribution in [0.25, 0.3) is 0 Å². The monoisotopic (exact) mass is 551 g/mol. The van der Waals surface area contributed by atoms with Crippen LogP contribution in [0.2, 0.25) is 0 Å². The van der Waals surface area contributed by atoms with Crippen molar-refractivity contribution in [2.24, 2.45) is 4.99 Å². The molecule has 30 heavy (non-hydrogen) atoms. The Hall–Kier alpha value is -1.07. The Morgan fingerprint density at radius 1 is 1.17 bits per heavy atom. The number of nitrogens with one attached hydrogen (secondary N) is 2. The van der Waals surface area contributed by atoms with E-state index in [-0.39, 0.29) is 35.8 Å². The summed E-state index contributed by atoms with van der Waals surface area (Å²) < 4.78 is 22.7. The largest absolute Gasteiger partial charge is 0.369 e. The van der Waals surface area contributed by atoms with Crippen LogP contribution in [-0.4, -0.2) is 83.1 Å². The van der Waals surface area contributed by atoms with Crippen LogP contribution in [0.1, 0.15) is 26.7 Å². The molecule has 9 heteroatoms. The van der Waals surface area contributed by atoms with E-state index in [1.807, 2.05) is 13.8 Å². The number of guanidine groups is 1. The zero-order chi connectivity index (χ0) is 21.1. The predicted octanol–water partition coefficient (Wildman–Crippen LogP) is 2.19. The minimum atomic E-state index is -2.93. The van der Waals surface area contributed by atoms with Crippen LogP contribution in [-0.2, 0) is 9.84 Å². The first kappa shape index (κ1) is 27.0. The van der Waals surface area contributed by atoms with Crippen LogP contribution < -0.4 is 15.5 Å². The second-order valence-electron chi connectivity index (χ2n) is 7.74. The molecule has 0 radical (unpaired) electrons. The van der Waals surface area contributed by atoms with Crippen molar-refractivity contribution in [1.29, 1.82) is 0 Å². The first-order chi connectivity index (χ1) is 13.9. The van der Waals surface area contributed by atoms with E-state index in [1.165, 1.54) is 11.9 Å². The molecule has 0 aromatic heterocycles. The number of halogens is 1. The van der Waals surface area contributed by atoms with Gasteiger partial charge >= 0.3 is 0 Å². The van der Waals surface area contributed by atoms with Crippen molar-refractivity contribution >= 4 is 45.5 Å². The molecule has 1 aliphatic rings. The standard InChI is InChI=1S/C21H37N5O2S.HI/c1-4-22-21(24-19(2)11-18-29(3,27)28)23-12-8-13-25-14-16-26(17-15-25)20-9-6-5-7-10-20;/h5-7,9-10,19H,4,8,11-18H2,1-3H3,(H2,22,23,24);1H. The maximum Gasteiger partial charge on any atom is 0.191 e. The van der Waals surface area contributed by atoms with E-state index in [0.29, 0.717) is 6.42 Å². The predicted molar refractivity (Wildman–Crippen MR) is 138 cm³/mol. The molecular weight excluding hydrogens is 513 g/mol. The van der Waals surface area contributed by atoms with Crippen LogP contribution in [0, 0.1) is 0 Å². The summed E-state index contributed by atoms with van der Waals surface area (Å²) in [5.41, 5.74) is 1.31. The third-order valence-corrected chi connectivity index (χ3v) is 6.02. The maximum atomic E-state index is 11.3. The Bertz CT molecular complexity index is 722. The number of benzene rings is 1. The van der Waals surface area contributed by atoms with Crippen molar-refractivity contribution in [3.8, 4) is 0 Å². The number of anilines is 1. The minimum absolute atomic E-state index is 0. The second kappa shape index (κ2) is 14.1. The molecule has 1 unspecified atom stereocenters. The van der Waals surface area contributed by atoms with Gasteiger partial charge in [-0.25, -0.2) is 8.42 Å². The third kappa shape index (κ3) is 10.8. The number of piperazine rings is 1. The molecule has 2 N–H and O–H groups in total. The fraction of sp³-hybridized carbons (Fsp3) is 0.667. The molecule has 1 heterocycles. The van der Waals surface area contributed by atoms with E-state index in [1.54, 1.807) is 0 Å². The van der Waals surface area contributed by atoms with Gasteiger partial charge in [-0.15, -0.1) is 24.0 Å². The third-order valence-electron chi connectivity index (χ3n) is 5.04. The number of rotatable bonds is 10. The summed E-state index contributed by atoms with van der Waals surface area (Å²) in [6.07, 6.45) is 2.87. The van der Waals surface area contributed by atoms with Gasteiger partial charge in [0.1, 0.15) is 9.84 Å². The molecule has 172 valence electrons. The van der Waals surface area contributed by atoms with E-state index in [4.69, 9.17) is 0 Å². The van der Waals surface area contributed by atoms with Gasteiger partial charge in [-0.05, 0) is 38.8 Å². The molecule has 0 amide bonds. The van der Waals surface area contributed by atoms with E-state index >= 15 is 0 Å². The highest BCUT2D eigenvalue weighted by Crippen LogP contribution is 2.15. The highest BCUT2D eigenvalue weighted by Gasteiger charge is 2.16. The summed E-state index contributed by atoms with van der Waals surface area (Å²) in [5.74, 6) is 0.956. The van der Waals surface area contributed by atoms with Crippen LogP contribution in [0.4, 0.5) is 5.69 Å². The van der Waals surface area contributed by atoms with Crippen molar-refractivity contribution in [2.45, 2.75) is 32.7 Å². The molecule has 0 saturated carbocycles. The van der Waals surface area contributed by atoms with Crippen LogP contribution in [0.5, 0.6) is 0 Å². The van der Waals surface area contributed by atoms with Gasteiger partial charge in [0.2, 0.25) is 0 Å². The zero-order valence-electron chi connectivity index (χ0n) is 18.5. The van der Waals surface area contributed by atoms with Gasteiger partial charge in [-0.1, -0.05) is 18.2 Å². The SMILES string of the molecule is CCNC(=NCCCN1CCN(c2ccccc2)CC1)NC(C)CCS(C)(=O)=O.I. The van der Waals surface area contributed by atoms with Crippen molar-refractivity contribution < 1.29 is 8.42 Å². The number of sulfone groups is 1. The van der Waals surface area contributed by atoms with Crippen molar-refractivity contribution in [3.05, 3.63) is 30.3 Å². The molecule has 1 fully saturated rings. The van der Waals surface area contributed by atoms with Crippen LogP contribution >= 0.6 is 24.0 Å². The lowest BCUT2D eigenvalue weighted by Crippen LogP contribution is -2.46. The lowest BCUT2D eigenvalue weighted by atomic mass is 10.2. The van der Waals surface area contributed by atoms with Crippen LogP contribution in [0.15, 0.2) is 35.3 Å². The van der Waals surface area contributed by atoms with Crippen LogP contribution in [0.3, 0.4) is 0 Å². The average Bonchev–Trinajstić information content (AvgIpc) is 2.70. The summed E-state index contributed by atoms with van der Waals surface area (Å²) >= 11 is 0. The molecule has 2 rings (SSSR count). The summed E-state index contributed by atoms with van der Waals surface area (Å²) in [7, 11) is -2.93. The quantitative estimate of drug-likeness (QED) is 0.201. The lowest BCUT2D eigenvalue weighted by molar-refractivity contribution is 0.256. The first-order valence-electron chi connectivity index (χ1n) is 10.6. The fourth-order valence-corrected chi connectivity index (χ4v) is 4.15.